The summed E-state index contributed by atoms with van der Waals surface area (Å²) in [7, 11) is 0. The van der Waals surface area contributed by atoms with Crippen LogP contribution in [0.5, 0.6) is 5.75 Å². The third-order valence-corrected chi connectivity index (χ3v) is 2.00. The second-order valence-electron chi connectivity index (χ2n) is 2.73. The van der Waals surface area contributed by atoms with Gasteiger partial charge >= 0.3 is 6.18 Å². The number of phenols is 1. The molecule has 0 saturated carbocycles. The summed E-state index contributed by atoms with van der Waals surface area (Å²) in [6.07, 6.45) is -4.54. The molecule has 0 aliphatic rings. The van der Waals surface area contributed by atoms with E-state index in [9.17, 15) is 13.2 Å². The Morgan fingerprint density at radius 3 is 2.36 bits per heavy atom. The Balaban J connectivity index is 3.08. The van der Waals surface area contributed by atoms with Crippen molar-refractivity contribution in [3.63, 3.8) is 0 Å². The molecule has 6 heteroatoms. The number of alkyl halides is 3. The summed E-state index contributed by atoms with van der Waals surface area (Å²) in [6.45, 7) is 0. The van der Waals surface area contributed by atoms with E-state index in [-0.39, 0.29) is 16.3 Å². The summed E-state index contributed by atoms with van der Waals surface area (Å²) in [4.78, 5) is 0. The molecular weight excluding hydrogens is 219 g/mol. The van der Waals surface area contributed by atoms with Crippen molar-refractivity contribution in [3.05, 3.63) is 28.8 Å². The lowest BCUT2D eigenvalue weighted by Crippen LogP contribution is -2.28. The fourth-order valence-corrected chi connectivity index (χ4v) is 1.24. The molecule has 2 nitrogen and oxygen atoms in total. The molecule has 14 heavy (non-hydrogen) atoms. The number of halogens is 4. The van der Waals surface area contributed by atoms with E-state index in [0.717, 1.165) is 18.2 Å². The smallest absolute Gasteiger partial charge is 0.407 e. The van der Waals surface area contributed by atoms with E-state index in [4.69, 9.17) is 22.4 Å². The zero-order valence-electron chi connectivity index (χ0n) is 6.85. The summed E-state index contributed by atoms with van der Waals surface area (Å²) < 4.78 is 36.5. The highest BCUT2D eigenvalue weighted by Gasteiger charge is 2.38. The van der Waals surface area contributed by atoms with Gasteiger partial charge in [-0.1, -0.05) is 17.7 Å². The van der Waals surface area contributed by atoms with Gasteiger partial charge in [0.2, 0.25) is 0 Å². The molecule has 1 unspecified atom stereocenters. The van der Waals surface area contributed by atoms with Crippen LogP contribution in [0.4, 0.5) is 13.2 Å². The molecule has 3 N–H and O–H groups in total. The Morgan fingerprint density at radius 2 is 1.93 bits per heavy atom. The second kappa shape index (κ2) is 3.67. The highest BCUT2D eigenvalue weighted by atomic mass is 35.5. The highest BCUT2D eigenvalue weighted by molar-refractivity contribution is 6.31. The topological polar surface area (TPSA) is 46.2 Å². The quantitative estimate of drug-likeness (QED) is 0.772. The van der Waals surface area contributed by atoms with Gasteiger partial charge in [-0.05, 0) is 17.7 Å². The van der Waals surface area contributed by atoms with Crippen LogP contribution in [0.1, 0.15) is 11.6 Å². The van der Waals surface area contributed by atoms with Crippen molar-refractivity contribution in [2.24, 2.45) is 5.73 Å². The van der Waals surface area contributed by atoms with Crippen molar-refractivity contribution >= 4 is 11.6 Å². The van der Waals surface area contributed by atoms with Crippen LogP contribution in [0.25, 0.3) is 0 Å². The fraction of sp³-hybridized carbons (Fsp3) is 0.250. The summed E-state index contributed by atoms with van der Waals surface area (Å²) >= 11 is 5.49. The van der Waals surface area contributed by atoms with Crippen LogP contribution < -0.4 is 5.73 Å². The molecule has 0 fully saturated rings. The molecule has 0 radical (unpaired) electrons. The molecule has 0 heterocycles. The SMILES string of the molecule is NC(c1ccc(O)cc1Cl)C(F)(F)F. The van der Waals surface area contributed by atoms with Crippen LogP contribution in [0, 0.1) is 0 Å². The van der Waals surface area contributed by atoms with E-state index in [1.807, 2.05) is 0 Å². The third-order valence-electron chi connectivity index (χ3n) is 1.67. The average molecular weight is 226 g/mol. The monoisotopic (exact) mass is 225 g/mol. The van der Waals surface area contributed by atoms with Crippen molar-refractivity contribution in [2.75, 3.05) is 0 Å². The second-order valence-corrected chi connectivity index (χ2v) is 3.13. The minimum absolute atomic E-state index is 0.199. The van der Waals surface area contributed by atoms with Gasteiger partial charge < -0.3 is 10.8 Å². The van der Waals surface area contributed by atoms with Gasteiger partial charge in [0.15, 0.2) is 0 Å². The zero-order valence-corrected chi connectivity index (χ0v) is 7.60. The molecular formula is C8H7ClF3NO. The molecule has 1 atom stereocenters. The molecule has 1 rings (SSSR count). The highest BCUT2D eigenvalue weighted by Crippen LogP contribution is 2.35. The van der Waals surface area contributed by atoms with Crippen molar-refractivity contribution in [2.45, 2.75) is 12.2 Å². The van der Waals surface area contributed by atoms with E-state index in [2.05, 4.69) is 0 Å². The number of phenolic OH excluding ortho intramolecular Hbond substituents is 1. The first-order chi connectivity index (χ1) is 6.32. The zero-order chi connectivity index (χ0) is 10.9. The first kappa shape index (κ1) is 11.1. The van der Waals surface area contributed by atoms with E-state index in [1.165, 1.54) is 0 Å². The summed E-state index contributed by atoms with van der Waals surface area (Å²) in [5.74, 6) is -0.201. The van der Waals surface area contributed by atoms with Crippen LogP contribution in [0.2, 0.25) is 5.02 Å². The number of hydrogen-bond donors (Lipinski definition) is 2. The predicted octanol–water partition coefficient (Wildman–Crippen LogP) is 2.61. The van der Waals surface area contributed by atoms with Crippen molar-refractivity contribution in [1.82, 2.24) is 0 Å². The third kappa shape index (κ3) is 2.30. The van der Waals surface area contributed by atoms with Crippen molar-refractivity contribution in [3.8, 4) is 5.75 Å². The van der Waals surface area contributed by atoms with Gasteiger partial charge in [0, 0.05) is 5.02 Å². The van der Waals surface area contributed by atoms with Gasteiger partial charge in [0.25, 0.3) is 0 Å². The minimum Gasteiger partial charge on any atom is -0.508 e. The molecule has 0 saturated heterocycles. The lowest BCUT2D eigenvalue weighted by atomic mass is 10.1. The van der Waals surface area contributed by atoms with Crippen LogP contribution in [-0.2, 0) is 0 Å². The summed E-state index contributed by atoms with van der Waals surface area (Å²) in [5, 5.41) is 8.72. The van der Waals surface area contributed by atoms with E-state index < -0.39 is 12.2 Å². The average Bonchev–Trinajstić information content (AvgIpc) is 2.01. The number of rotatable bonds is 1. The molecule has 0 spiro atoms. The summed E-state index contributed by atoms with van der Waals surface area (Å²) in [6, 6.07) is 1.04. The largest absolute Gasteiger partial charge is 0.508 e. The maximum absolute atomic E-state index is 12.2. The molecule has 0 aliphatic carbocycles. The van der Waals surface area contributed by atoms with Crippen LogP contribution in [-0.4, -0.2) is 11.3 Å². The molecule has 1 aromatic carbocycles. The number of hydrogen-bond acceptors (Lipinski definition) is 2. The number of benzene rings is 1. The first-order valence-corrected chi connectivity index (χ1v) is 4.01. The number of aromatic hydroxyl groups is 1. The lowest BCUT2D eigenvalue weighted by Gasteiger charge is -2.16. The minimum atomic E-state index is -4.54. The maximum Gasteiger partial charge on any atom is 0.407 e. The molecule has 0 bridgehead atoms. The van der Waals surface area contributed by atoms with Gasteiger partial charge in [-0.3, -0.25) is 0 Å². The maximum atomic E-state index is 12.2. The van der Waals surface area contributed by atoms with Crippen LogP contribution in [0.15, 0.2) is 18.2 Å². The molecule has 1 aromatic rings. The standard InChI is InChI=1S/C8H7ClF3NO/c9-6-3-4(14)1-2-5(6)7(13)8(10,11)12/h1-3,7,14H,13H2. The van der Waals surface area contributed by atoms with Gasteiger partial charge in [-0.25, -0.2) is 0 Å². The van der Waals surface area contributed by atoms with Gasteiger partial charge in [-0.15, -0.1) is 0 Å². The molecule has 0 amide bonds. The van der Waals surface area contributed by atoms with E-state index in [1.54, 1.807) is 0 Å². The van der Waals surface area contributed by atoms with Crippen LogP contribution >= 0.6 is 11.6 Å². The molecule has 78 valence electrons. The Bertz CT molecular complexity index is 340. The van der Waals surface area contributed by atoms with Gasteiger partial charge in [0.1, 0.15) is 11.8 Å². The van der Waals surface area contributed by atoms with Gasteiger partial charge in [0.05, 0.1) is 0 Å². The lowest BCUT2D eigenvalue weighted by molar-refractivity contribution is -0.149. The Labute approximate surface area is 83.1 Å². The first-order valence-electron chi connectivity index (χ1n) is 3.63. The molecule has 0 aliphatic heterocycles. The Hall–Kier alpha value is -0.940. The van der Waals surface area contributed by atoms with Crippen molar-refractivity contribution < 1.29 is 18.3 Å². The van der Waals surface area contributed by atoms with E-state index >= 15 is 0 Å². The normalized spacial score (nSPS) is 14.1. The summed E-state index contributed by atoms with van der Waals surface area (Å²) in [5.41, 5.74) is 4.68. The number of nitrogens with two attached hydrogens (primary N) is 1. The van der Waals surface area contributed by atoms with Crippen molar-refractivity contribution in [1.29, 1.82) is 0 Å². The molecule has 0 aromatic heterocycles. The Kier molecular flexibility index (Phi) is 2.92. The van der Waals surface area contributed by atoms with Crippen LogP contribution in [0.3, 0.4) is 0 Å². The predicted molar refractivity (Wildman–Crippen MR) is 46.1 cm³/mol. The van der Waals surface area contributed by atoms with Gasteiger partial charge in [-0.2, -0.15) is 13.2 Å². The van der Waals surface area contributed by atoms with E-state index in [0.29, 0.717) is 0 Å². The fourth-order valence-electron chi connectivity index (χ4n) is 0.945. The Morgan fingerprint density at radius 1 is 1.36 bits per heavy atom.